The van der Waals surface area contributed by atoms with E-state index in [4.69, 9.17) is 4.74 Å². The Bertz CT molecular complexity index is 1010. The number of unbranched alkanes of at least 4 members (excludes halogenated alkanes) is 40. The van der Waals surface area contributed by atoms with E-state index in [-0.39, 0.29) is 18.5 Å². The van der Waals surface area contributed by atoms with Gasteiger partial charge in [0.1, 0.15) is 0 Å². The Morgan fingerprint density at radius 3 is 1.14 bits per heavy atom. The molecule has 0 aliphatic heterocycles. The molecule has 384 valence electrons. The van der Waals surface area contributed by atoms with Crippen molar-refractivity contribution in [1.29, 1.82) is 0 Å². The highest BCUT2D eigenvalue weighted by Crippen LogP contribution is 2.17. The number of aliphatic hydroxyl groups excluding tert-OH is 2. The summed E-state index contributed by atoms with van der Waals surface area (Å²) >= 11 is 0. The maximum absolute atomic E-state index is 12.4. The van der Waals surface area contributed by atoms with E-state index in [0.29, 0.717) is 25.9 Å². The van der Waals surface area contributed by atoms with Crippen LogP contribution in [0.15, 0.2) is 24.3 Å². The molecule has 0 radical (unpaired) electrons. The summed E-state index contributed by atoms with van der Waals surface area (Å²) in [7, 11) is 0. The molecule has 6 heteroatoms. The van der Waals surface area contributed by atoms with E-state index in [1.165, 1.54) is 212 Å². The highest BCUT2D eigenvalue weighted by atomic mass is 16.5. The third-order valence-electron chi connectivity index (χ3n) is 13.5. The van der Waals surface area contributed by atoms with Gasteiger partial charge in [-0.3, -0.25) is 9.59 Å². The van der Waals surface area contributed by atoms with Crippen LogP contribution in [0.3, 0.4) is 0 Å². The number of hydrogen-bond donors (Lipinski definition) is 3. The molecule has 0 aliphatic carbocycles. The number of hydrogen-bond acceptors (Lipinski definition) is 5. The number of amides is 1. The monoisotopic (exact) mass is 916 g/mol. The van der Waals surface area contributed by atoms with Gasteiger partial charge in [0.15, 0.2) is 0 Å². The van der Waals surface area contributed by atoms with E-state index in [9.17, 15) is 19.8 Å². The van der Waals surface area contributed by atoms with Crippen LogP contribution in [0.1, 0.15) is 316 Å². The lowest BCUT2D eigenvalue weighted by atomic mass is 10.0. The second kappa shape index (κ2) is 54.9. The Morgan fingerprint density at radius 2 is 0.754 bits per heavy atom. The van der Waals surface area contributed by atoms with E-state index in [0.717, 1.165) is 70.6 Å². The lowest BCUT2D eigenvalue weighted by Gasteiger charge is -2.22. The van der Waals surface area contributed by atoms with Gasteiger partial charge in [-0.1, -0.05) is 269 Å². The quantitative estimate of drug-likeness (QED) is 0.0321. The van der Waals surface area contributed by atoms with Crippen molar-refractivity contribution in [2.75, 3.05) is 13.2 Å². The van der Waals surface area contributed by atoms with Gasteiger partial charge in [0, 0.05) is 12.8 Å². The molecule has 0 bridgehead atoms. The van der Waals surface area contributed by atoms with Crippen LogP contribution in [-0.4, -0.2) is 47.4 Å². The standard InChI is InChI=1S/C59H113NO5/c1-3-5-7-9-11-13-15-16-17-18-23-26-29-33-37-41-45-49-53-59(64)65-54-50-46-42-38-34-30-27-24-21-19-20-22-25-28-32-36-40-44-48-52-58(63)60-56(55-61)57(62)51-47-43-39-35-31-14-12-10-8-6-4-2/h24,27,30,34,56-57,61-62H,3-23,25-26,28-29,31-33,35-55H2,1-2H3,(H,60,63)/b27-24-,34-30-. The number of rotatable bonds is 54. The molecule has 2 atom stereocenters. The van der Waals surface area contributed by atoms with Crippen LogP contribution in [0.2, 0.25) is 0 Å². The molecular weight excluding hydrogens is 803 g/mol. The molecule has 3 N–H and O–H groups in total. The molecule has 1 amide bonds. The Balaban J connectivity index is 3.44. The second-order valence-corrected chi connectivity index (χ2v) is 20.0. The third kappa shape index (κ3) is 51.6. The van der Waals surface area contributed by atoms with Crippen molar-refractivity contribution >= 4 is 11.9 Å². The molecular formula is C59H113NO5. The summed E-state index contributed by atoms with van der Waals surface area (Å²) in [5.41, 5.74) is 0. The minimum Gasteiger partial charge on any atom is -0.466 e. The first-order chi connectivity index (χ1) is 32.0. The van der Waals surface area contributed by atoms with Gasteiger partial charge in [-0.2, -0.15) is 0 Å². The number of ether oxygens (including phenoxy) is 1. The van der Waals surface area contributed by atoms with Crippen LogP contribution in [0.4, 0.5) is 0 Å². The van der Waals surface area contributed by atoms with E-state index < -0.39 is 12.1 Å². The van der Waals surface area contributed by atoms with Crippen molar-refractivity contribution in [3.05, 3.63) is 24.3 Å². The normalized spacial score (nSPS) is 12.7. The molecule has 0 aliphatic rings. The second-order valence-electron chi connectivity index (χ2n) is 20.0. The number of carbonyl (C=O) groups is 2. The molecule has 0 heterocycles. The molecule has 0 aromatic rings. The van der Waals surface area contributed by atoms with Crippen molar-refractivity contribution in [3.8, 4) is 0 Å². The fourth-order valence-electron chi connectivity index (χ4n) is 9.04. The van der Waals surface area contributed by atoms with Gasteiger partial charge < -0.3 is 20.3 Å². The first-order valence-corrected chi connectivity index (χ1v) is 29.1. The first-order valence-electron chi connectivity index (χ1n) is 29.1. The average molecular weight is 917 g/mol. The maximum atomic E-state index is 12.4. The zero-order valence-electron chi connectivity index (χ0n) is 43.7. The lowest BCUT2D eigenvalue weighted by molar-refractivity contribution is -0.143. The van der Waals surface area contributed by atoms with E-state index in [1.54, 1.807) is 0 Å². The number of nitrogens with one attached hydrogen (secondary N) is 1. The predicted octanol–water partition coefficient (Wildman–Crippen LogP) is 17.9. The van der Waals surface area contributed by atoms with Crippen LogP contribution in [0, 0.1) is 0 Å². The summed E-state index contributed by atoms with van der Waals surface area (Å²) < 4.78 is 5.47. The highest BCUT2D eigenvalue weighted by molar-refractivity contribution is 5.76. The number of aliphatic hydroxyl groups is 2. The molecule has 0 fully saturated rings. The minimum absolute atomic E-state index is 0.00889. The predicted molar refractivity (Wildman–Crippen MR) is 283 cm³/mol. The van der Waals surface area contributed by atoms with Crippen LogP contribution in [0.25, 0.3) is 0 Å². The fourth-order valence-corrected chi connectivity index (χ4v) is 9.04. The van der Waals surface area contributed by atoms with Gasteiger partial charge in [0.05, 0.1) is 25.4 Å². The van der Waals surface area contributed by atoms with Gasteiger partial charge in [-0.25, -0.2) is 0 Å². The molecule has 0 aromatic carbocycles. The van der Waals surface area contributed by atoms with Crippen LogP contribution in [0.5, 0.6) is 0 Å². The van der Waals surface area contributed by atoms with Crippen LogP contribution < -0.4 is 5.32 Å². The third-order valence-corrected chi connectivity index (χ3v) is 13.5. The van der Waals surface area contributed by atoms with Gasteiger partial charge >= 0.3 is 5.97 Å². The molecule has 0 saturated heterocycles. The zero-order chi connectivity index (χ0) is 47.2. The zero-order valence-corrected chi connectivity index (χ0v) is 43.7. The summed E-state index contributed by atoms with van der Waals surface area (Å²) in [6.07, 6.45) is 66.1. The Morgan fingerprint density at radius 1 is 0.431 bits per heavy atom. The molecule has 65 heavy (non-hydrogen) atoms. The fraction of sp³-hybridized carbons (Fsp3) is 0.898. The summed E-state index contributed by atoms with van der Waals surface area (Å²) in [4.78, 5) is 24.5. The molecule has 0 spiro atoms. The van der Waals surface area contributed by atoms with Crippen molar-refractivity contribution in [1.82, 2.24) is 5.32 Å². The van der Waals surface area contributed by atoms with E-state index in [1.807, 2.05) is 0 Å². The molecule has 0 saturated carbocycles. The van der Waals surface area contributed by atoms with Gasteiger partial charge in [-0.05, 0) is 57.8 Å². The number of esters is 1. The number of carbonyl (C=O) groups excluding carboxylic acids is 2. The van der Waals surface area contributed by atoms with Gasteiger partial charge in [-0.15, -0.1) is 0 Å². The Labute approximate surface area is 405 Å². The largest absolute Gasteiger partial charge is 0.466 e. The Kier molecular flexibility index (Phi) is 53.5. The van der Waals surface area contributed by atoms with Gasteiger partial charge in [0.25, 0.3) is 0 Å². The Hall–Kier alpha value is -1.66. The number of allylic oxidation sites excluding steroid dienone is 4. The SMILES string of the molecule is CCCCCCCCCCCCCCCCCCCCC(=O)OCCCCC/C=C\C=C/CCCCCCCCCCCCC(=O)NC(CO)C(O)CCCCCCCCCCCCC. The van der Waals surface area contributed by atoms with Crippen molar-refractivity contribution in [2.45, 2.75) is 328 Å². The molecule has 0 rings (SSSR count). The summed E-state index contributed by atoms with van der Waals surface area (Å²) in [5, 5.41) is 23.2. The van der Waals surface area contributed by atoms with E-state index in [2.05, 4.69) is 43.5 Å². The first kappa shape index (κ1) is 63.3. The summed E-state index contributed by atoms with van der Waals surface area (Å²) in [6, 6.07) is -0.547. The average Bonchev–Trinajstić information content (AvgIpc) is 3.31. The smallest absolute Gasteiger partial charge is 0.305 e. The minimum atomic E-state index is -0.669. The summed E-state index contributed by atoms with van der Waals surface area (Å²) in [5.74, 6) is -0.0542. The topological polar surface area (TPSA) is 95.9 Å². The maximum Gasteiger partial charge on any atom is 0.305 e. The van der Waals surface area contributed by atoms with Crippen molar-refractivity contribution < 1.29 is 24.5 Å². The molecule has 2 unspecified atom stereocenters. The van der Waals surface area contributed by atoms with Gasteiger partial charge in [0.2, 0.25) is 5.91 Å². The van der Waals surface area contributed by atoms with Crippen LogP contribution >= 0.6 is 0 Å². The van der Waals surface area contributed by atoms with Crippen LogP contribution in [-0.2, 0) is 14.3 Å². The lowest BCUT2D eigenvalue weighted by Crippen LogP contribution is -2.45. The molecule has 0 aromatic heterocycles. The summed E-state index contributed by atoms with van der Waals surface area (Å²) in [6.45, 7) is 4.92. The van der Waals surface area contributed by atoms with E-state index >= 15 is 0 Å². The highest BCUT2D eigenvalue weighted by Gasteiger charge is 2.20. The van der Waals surface area contributed by atoms with Crippen molar-refractivity contribution in [2.24, 2.45) is 0 Å². The van der Waals surface area contributed by atoms with Crippen molar-refractivity contribution in [3.63, 3.8) is 0 Å². The molecule has 6 nitrogen and oxygen atoms in total.